The number of rotatable bonds is 5. The lowest BCUT2D eigenvalue weighted by molar-refractivity contribution is 0.102. The van der Waals surface area contributed by atoms with E-state index in [2.05, 4.69) is 33.7 Å². The molecule has 1 aliphatic rings. The third-order valence-electron chi connectivity index (χ3n) is 5.73. The Morgan fingerprint density at radius 3 is 2.69 bits per heavy atom. The summed E-state index contributed by atoms with van der Waals surface area (Å²) in [5, 5.41) is 7.27. The van der Waals surface area contributed by atoms with Gasteiger partial charge in [-0.25, -0.2) is 4.39 Å². The van der Waals surface area contributed by atoms with Gasteiger partial charge in [0.05, 0.1) is 5.69 Å². The summed E-state index contributed by atoms with van der Waals surface area (Å²) in [5.74, 6) is -0.138. The van der Waals surface area contributed by atoms with Gasteiger partial charge in [-0.3, -0.25) is 9.69 Å². The number of hydrogen-bond donors (Lipinski definition) is 2. The van der Waals surface area contributed by atoms with E-state index in [1.165, 1.54) is 23.8 Å². The summed E-state index contributed by atoms with van der Waals surface area (Å²) in [6, 6.07) is 21.4. The molecule has 0 unspecified atom stereocenters. The summed E-state index contributed by atoms with van der Waals surface area (Å²) in [5.41, 5.74) is 3.69. The van der Waals surface area contributed by atoms with Gasteiger partial charge in [0.25, 0.3) is 5.91 Å². The maximum absolute atomic E-state index is 13.5. The Balaban J connectivity index is 1.40. The van der Waals surface area contributed by atoms with Crippen molar-refractivity contribution >= 4 is 22.6 Å². The predicted molar refractivity (Wildman–Crippen MR) is 124 cm³/mol. The Morgan fingerprint density at radius 2 is 1.84 bits per heavy atom. The molecule has 162 valence electrons. The standard InChI is InChI=1S/C26H24FN3O2/c27-21-5-3-4-20(15-21)26(31)29-23-7-2-1-6-22(23)25-16-19-9-8-18(14-24(19)32-25)17-30-12-10-28-11-13-30/h1-9,14-16,28H,10-13,17H2,(H,29,31). The van der Waals surface area contributed by atoms with Crippen LogP contribution >= 0.6 is 0 Å². The van der Waals surface area contributed by atoms with Gasteiger partial charge in [0.2, 0.25) is 0 Å². The van der Waals surface area contributed by atoms with Gasteiger partial charge in [0.1, 0.15) is 17.2 Å². The third-order valence-corrected chi connectivity index (χ3v) is 5.73. The van der Waals surface area contributed by atoms with E-state index in [0.717, 1.165) is 49.3 Å². The first kappa shape index (κ1) is 20.4. The molecule has 3 aromatic carbocycles. The number of anilines is 1. The molecule has 5 nitrogen and oxygen atoms in total. The highest BCUT2D eigenvalue weighted by Gasteiger charge is 2.15. The maximum atomic E-state index is 13.5. The van der Waals surface area contributed by atoms with Gasteiger partial charge in [0, 0.05) is 49.2 Å². The topological polar surface area (TPSA) is 57.5 Å². The number of hydrogen-bond acceptors (Lipinski definition) is 4. The highest BCUT2D eigenvalue weighted by molar-refractivity contribution is 6.06. The Labute approximate surface area is 185 Å². The second kappa shape index (κ2) is 8.94. The van der Waals surface area contributed by atoms with Crippen molar-refractivity contribution in [1.29, 1.82) is 0 Å². The molecule has 1 saturated heterocycles. The molecule has 32 heavy (non-hydrogen) atoms. The van der Waals surface area contributed by atoms with Gasteiger partial charge in [0.15, 0.2) is 0 Å². The zero-order valence-electron chi connectivity index (χ0n) is 17.6. The summed E-state index contributed by atoms with van der Waals surface area (Å²) in [6.45, 7) is 5.02. The van der Waals surface area contributed by atoms with E-state index in [0.29, 0.717) is 11.4 Å². The number of piperazine rings is 1. The van der Waals surface area contributed by atoms with Crippen molar-refractivity contribution in [2.45, 2.75) is 6.54 Å². The van der Waals surface area contributed by atoms with Crippen LogP contribution < -0.4 is 10.6 Å². The van der Waals surface area contributed by atoms with E-state index in [1.54, 1.807) is 6.07 Å². The second-order valence-corrected chi connectivity index (χ2v) is 8.02. The number of halogens is 1. The van der Waals surface area contributed by atoms with Gasteiger partial charge >= 0.3 is 0 Å². The molecular weight excluding hydrogens is 405 g/mol. The van der Waals surface area contributed by atoms with Crippen LogP contribution in [0.15, 0.2) is 77.2 Å². The number of nitrogens with one attached hydrogen (secondary N) is 2. The minimum atomic E-state index is -0.445. The molecule has 1 fully saturated rings. The van der Waals surface area contributed by atoms with E-state index < -0.39 is 5.82 Å². The lowest BCUT2D eigenvalue weighted by Crippen LogP contribution is -2.42. The van der Waals surface area contributed by atoms with Gasteiger partial charge < -0.3 is 15.1 Å². The fourth-order valence-corrected chi connectivity index (χ4v) is 4.07. The van der Waals surface area contributed by atoms with Gasteiger partial charge in [-0.15, -0.1) is 0 Å². The Kier molecular flexibility index (Phi) is 5.71. The van der Waals surface area contributed by atoms with Crippen LogP contribution in [0.25, 0.3) is 22.3 Å². The quantitative estimate of drug-likeness (QED) is 0.474. The van der Waals surface area contributed by atoms with Crippen LogP contribution in [0.5, 0.6) is 0 Å². The molecule has 4 aromatic rings. The van der Waals surface area contributed by atoms with Gasteiger partial charge in [-0.2, -0.15) is 0 Å². The average molecular weight is 429 g/mol. The first-order valence-corrected chi connectivity index (χ1v) is 10.8. The molecule has 0 radical (unpaired) electrons. The zero-order valence-corrected chi connectivity index (χ0v) is 17.6. The predicted octanol–water partition coefficient (Wildman–Crippen LogP) is 4.90. The number of amides is 1. The molecule has 1 aliphatic heterocycles. The molecule has 1 aromatic heterocycles. The van der Waals surface area contributed by atoms with E-state index in [-0.39, 0.29) is 11.5 Å². The summed E-state index contributed by atoms with van der Waals surface area (Å²) in [6.07, 6.45) is 0. The number of benzene rings is 3. The molecule has 1 amide bonds. The largest absolute Gasteiger partial charge is 0.456 e. The fourth-order valence-electron chi connectivity index (χ4n) is 4.07. The molecule has 0 saturated carbocycles. The molecule has 0 atom stereocenters. The normalized spacial score (nSPS) is 14.5. The summed E-state index contributed by atoms with van der Waals surface area (Å²) in [4.78, 5) is 15.1. The Hall–Kier alpha value is -3.48. The van der Waals surface area contributed by atoms with Gasteiger partial charge in [-0.05, 0) is 48.0 Å². The smallest absolute Gasteiger partial charge is 0.255 e. The molecule has 2 heterocycles. The van der Waals surface area contributed by atoms with E-state index >= 15 is 0 Å². The molecule has 0 spiro atoms. The molecule has 6 heteroatoms. The minimum Gasteiger partial charge on any atom is -0.456 e. The van der Waals surface area contributed by atoms with Crippen LogP contribution in [0.3, 0.4) is 0 Å². The van der Waals surface area contributed by atoms with E-state index in [1.807, 2.05) is 30.3 Å². The van der Waals surface area contributed by atoms with Crippen LogP contribution in [0, 0.1) is 5.82 Å². The molecule has 2 N–H and O–H groups in total. The Bertz CT molecular complexity index is 1260. The van der Waals surface area contributed by atoms with Crippen molar-refractivity contribution in [3.05, 3.63) is 89.7 Å². The average Bonchev–Trinajstić information content (AvgIpc) is 3.23. The summed E-state index contributed by atoms with van der Waals surface area (Å²) >= 11 is 0. The maximum Gasteiger partial charge on any atom is 0.255 e. The van der Waals surface area contributed by atoms with Crippen LogP contribution in [-0.2, 0) is 6.54 Å². The van der Waals surface area contributed by atoms with Crippen molar-refractivity contribution in [2.75, 3.05) is 31.5 Å². The number of furan rings is 1. The summed E-state index contributed by atoms with van der Waals surface area (Å²) < 4.78 is 19.7. The van der Waals surface area contributed by atoms with E-state index in [4.69, 9.17) is 4.42 Å². The van der Waals surface area contributed by atoms with Crippen LogP contribution in [0.4, 0.5) is 10.1 Å². The second-order valence-electron chi connectivity index (χ2n) is 8.02. The van der Waals surface area contributed by atoms with Crippen LogP contribution in [0.1, 0.15) is 15.9 Å². The first-order chi connectivity index (χ1) is 15.7. The van der Waals surface area contributed by atoms with Crippen molar-refractivity contribution in [1.82, 2.24) is 10.2 Å². The van der Waals surface area contributed by atoms with Crippen molar-refractivity contribution in [3.63, 3.8) is 0 Å². The zero-order chi connectivity index (χ0) is 21.9. The van der Waals surface area contributed by atoms with Crippen LogP contribution in [0.2, 0.25) is 0 Å². The molecule has 5 rings (SSSR count). The number of fused-ring (bicyclic) bond motifs is 1. The fraction of sp³-hybridized carbons (Fsp3) is 0.192. The van der Waals surface area contributed by atoms with Crippen molar-refractivity contribution < 1.29 is 13.6 Å². The lowest BCUT2D eigenvalue weighted by atomic mass is 10.1. The van der Waals surface area contributed by atoms with Gasteiger partial charge in [-0.1, -0.05) is 30.3 Å². The highest BCUT2D eigenvalue weighted by Crippen LogP contribution is 2.33. The van der Waals surface area contributed by atoms with Crippen molar-refractivity contribution in [2.24, 2.45) is 0 Å². The number of para-hydroxylation sites is 1. The number of carbonyl (C=O) groups is 1. The lowest BCUT2D eigenvalue weighted by Gasteiger charge is -2.27. The first-order valence-electron chi connectivity index (χ1n) is 10.8. The van der Waals surface area contributed by atoms with Crippen LogP contribution in [-0.4, -0.2) is 37.0 Å². The Morgan fingerprint density at radius 1 is 1.00 bits per heavy atom. The SMILES string of the molecule is O=C(Nc1ccccc1-c1cc2ccc(CN3CCNCC3)cc2o1)c1cccc(F)c1. The molecule has 0 bridgehead atoms. The molecular formula is C26H24FN3O2. The highest BCUT2D eigenvalue weighted by atomic mass is 19.1. The summed E-state index contributed by atoms with van der Waals surface area (Å²) in [7, 11) is 0. The minimum absolute atomic E-state index is 0.266. The monoisotopic (exact) mass is 429 g/mol. The third kappa shape index (κ3) is 4.42. The molecule has 0 aliphatic carbocycles. The van der Waals surface area contributed by atoms with Crippen molar-refractivity contribution in [3.8, 4) is 11.3 Å². The number of nitrogens with zero attached hydrogens (tertiary/aromatic N) is 1. The number of carbonyl (C=O) groups excluding carboxylic acids is 1. The van der Waals surface area contributed by atoms with E-state index in [9.17, 15) is 9.18 Å².